The standard InChI is InChI=1S/C13H15ClN2O4/c1-20-13(19)12(18)15-10-6-8(14)2-3-11(10)16-5-4-9(17)7-16/h2-3,6,9,17H,4-5,7H2,1H3,(H,15,18)/t9-/m1/s1. The van der Waals surface area contributed by atoms with Crippen LogP contribution in [0.15, 0.2) is 18.2 Å². The van der Waals surface area contributed by atoms with Gasteiger partial charge in [0.15, 0.2) is 0 Å². The van der Waals surface area contributed by atoms with Gasteiger partial charge in [0.25, 0.3) is 0 Å². The number of β-amino-alcohol motifs (C(OH)–C–C–N with tert-alkyl or cyclic N) is 1. The molecule has 1 fully saturated rings. The van der Waals surface area contributed by atoms with Gasteiger partial charge in [0, 0.05) is 18.1 Å². The zero-order valence-corrected chi connectivity index (χ0v) is 11.7. The van der Waals surface area contributed by atoms with E-state index in [2.05, 4.69) is 10.1 Å². The van der Waals surface area contributed by atoms with Crippen molar-refractivity contribution in [2.75, 3.05) is 30.4 Å². The minimum Gasteiger partial charge on any atom is -0.462 e. The molecule has 0 bridgehead atoms. The van der Waals surface area contributed by atoms with Gasteiger partial charge in [0.05, 0.1) is 24.6 Å². The molecule has 1 aromatic rings. The number of rotatable bonds is 2. The number of aliphatic hydroxyl groups excluding tert-OH is 1. The van der Waals surface area contributed by atoms with Crippen LogP contribution in [0.1, 0.15) is 6.42 Å². The van der Waals surface area contributed by atoms with E-state index in [1.807, 2.05) is 4.90 Å². The molecule has 2 rings (SSSR count). The van der Waals surface area contributed by atoms with Crippen LogP contribution in [0.3, 0.4) is 0 Å². The summed E-state index contributed by atoms with van der Waals surface area (Å²) < 4.78 is 4.36. The van der Waals surface area contributed by atoms with E-state index in [1.54, 1.807) is 18.2 Å². The number of carbonyl (C=O) groups is 2. The molecule has 0 aromatic heterocycles. The number of esters is 1. The number of benzene rings is 1. The van der Waals surface area contributed by atoms with Crippen LogP contribution in [0.5, 0.6) is 0 Å². The fourth-order valence-corrected chi connectivity index (χ4v) is 2.28. The molecule has 0 spiro atoms. The highest BCUT2D eigenvalue weighted by Crippen LogP contribution is 2.31. The van der Waals surface area contributed by atoms with Crippen LogP contribution >= 0.6 is 11.6 Å². The van der Waals surface area contributed by atoms with Crippen molar-refractivity contribution in [2.45, 2.75) is 12.5 Å². The number of nitrogens with one attached hydrogen (secondary N) is 1. The monoisotopic (exact) mass is 298 g/mol. The molecular formula is C13H15ClN2O4. The molecule has 2 N–H and O–H groups in total. The average molecular weight is 299 g/mol. The fourth-order valence-electron chi connectivity index (χ4n) is 2.11. The summed E-state index contributed by atoms with van der Waals surface area (Å²) in [6, 6.07) is 4.99. The largest absolute Gasteiger partial charge is 0.462 e. The molecule has 7 heteroatoms. The van der Waals surface area contributed by atoms with Crippen molar-refractivity contribution >= 4 is 34.9 Å². The summed E-state index contributed by atoms with van der Waals surface area (Å²) in [4.78, 5) is 24.7. The number of nitrogens with zero attached hydrogens (tertiary/aromatic N) is 1. The Morgan fingerprint density at radius 1 is 1.50 bits per heavy atom. The molecule has 6 nitrogen and oxygen atoms in total. The highest BCUT2D eigenvalue weighted by Gasteiger charge is 2.24. The normalized spacial score (nSPS) is 17.9. The van der Waals surface area contributed by atoms with Crippen LogP contribution < -0.4 is 10.2 Å². The maximum atomic E-state index is 11.6. The van der Waals surface area contributed by atoms with E-state index in [-0.39, 0.29) is 0 Å². The number of aliphatic hydroxyl groups is 1. The number of methoxy groups -OCH3 is 1. The van der Waals surface area contributed by atoms with Crippen LogP contribution in [0.2, 0.25) is 5.02 Å². The van der Waals surface area contributed by atoms with E-state index in [0.29, 0.717) is 35.9 Å². The molecule has 0 aliphatic carbocycles. The topological polar surface area (TPSA) is 78.9 Å². The molecule has 0 unspecified atom stereocenters. The van der Waals surface area contributed by atoms with Crippen LogP contribution in [0.4, 0.5) is 11.4 Å². The highest BCUT2D eigenvalue weighted by atomic mass is 35.5. The van der Waals surface area contributed by atoms with Gasteiger partial charge in [-0.15, -0.1) is 0 Å². The molecular weight excluding hydrogens is 284 g/mol. The predicted molar refractivity (Wildman–Crippen MR) is 74.9 cm³/mol. The van der Waals surface area contributed by atoms with Gasteiger partial charge in [0.2, 0.25) is 0 Å². The smallest absolute Gasteiger partial charge is 0.396 e. The fraction of sp³-hybridized carbons (Fsp3) is 0.385. The minimum atomic E-state index is -0.975. The first-order chi connectivity index (χ1) is 9.51. The van der Waals surface area contributed by atoms with Crippen molar-refractivity contribution in [1.29, 1.82) is 0 Å². The van der Waals surface area contributed by atoms with Gasteiger partial charge in [-0.05, 0) is 24.6 Å². The third-order valence-electron chi connectivity index (χ3n) is 3.08. The van der Waals surface area contributed by atoms with Crippen LogP contribution in [-0.4, -0.2) is 43.3 Å². The van der Waals surface area contributed by atoms with E-state index in [4.69, 9.17) is 11.6 Å². The third kappa shape index (κ3) is 3.20. The van der Waals surface area contributed by atoms with E-state index in [9.17, 15) is 14.7 Å². The average Bonchev–Trinajstić information content (AvgIpc) is 2.84. The van der Waals surface area contributed by atoms with Gasteiger partial charge in [-0.1, -0.05) is 11.6 Å². The summed E-state index contributed by atoms with van der Waals surface area (Å²) in [7, 11) is 1.14. The Morgan fingerprint density at radius 3 is 2.85 bits per heavy atom. The molecule has 0 saturated carbocycles. The van der Waals surface area contributed by atoms with Crippen molar-refractivity contribution in [3.05, 3.63) is 23.2 Å². The second kappa shape index (κ2) is 6.11. The molecule has 0 radical (unpaired) electrons. The van der Waals surface area contributed by atoms with E-state index in [0.717, 1.165) is 7.11 Å². The van der Waals surface area contributed by atoms with Gasteiger partial charge in [-0.2, -0.15) is 0 Å². The van der Waals surface area contributed by atoms with Crippen molar-refractivity contribution in [2.24, 2.45) is 0 Å². The number of hydrogen-bond acceptors (Lipinski definition) is 5. The van der Waals surface area contributed by atoms with E-state index < -0.39 is 18.0 Å². The molecule has 1 aromatic carbocycles. The molecule has 1 aliphatic rings. The summed E-state index contributed by atoms with van der Waals surface area (Å²) in [6.07, 6.45) is 0.266. The summed E-state index contributed by atoms with van der Waals surface area (Å²) in [5.41, 5.74) is 1.13. The molecule has 1 atom stereocenters. The zero-order chi connectivity index (χ0) is 14.7. The summed E-state index contributed by atoms with van der Waals surface area (Å²) in [6.45, 7) is 1.15. The number of anilines is 2. The van der Waals surface area contributed by atoms with Crippen molar-refractivity contribution in [3.8, 4) is 0 Å². The van der Waals surface area contributed by atoms with Crippen molar-refractivity contribution in [3.63, 3.8) is 0 Å². The Morgan fingerprint density at radius 2 is 2.25 bits per heavy atom. The second-order valence-electron chi connectivity index (χ2n) is 4.50. The van der Waals surface area contributed by atoms with Crippen molar-refractivity contribution < 1.29 is 19.4 Å². The first-order valence-corrected chi connectivity index (χ1v) is 6.51. The molecule has 1 saturated heterocycles. The number of hydrogen-bond donors (Lipinski definition) is 2. The molecule has 108 valence electrons. The van der Waals surface area contributed by atoms with Crippen LogP contribution in [0, 0.1) is 0 Å². The number of carbonyl (C=O) groups excluding carboxylic acids is 2. The van der Waals surface area contributed by atoms with Gasteiger partial charge < -0.3 is 20.1 Å². The lowest BCUT2D eigenvalue weighted by atomic mass is 10.2. The summed E-state index contributed by atoms with van der Waals surface area (Å²) in [5.74, 6) is -1.84. The lowest BCUT2D eigenvalue weighted by Crippen LogP contribution is -2.27. The minimum absolute atomic E-state index is 0.394. The molecule has 1 heterocycles. The summed E-state index contributed by atoms with van der Waals surface area (Å²) in [5, 5.41) is 12.5. The zero-order valence-electron chi connectivity index (χ0n) is 10.9. The lowest BCUT2D eigenvalue weighted by molar-refractivity contribution is -0.150. The SMILES string of the molecule is COC(=O)C(=O)Nc1cc(Cl)ccc1N1CC[C@@H](O)C1. The summed E-state index contributed by atoms with van der Waals surface area (Å²) >= 11 is 5.91. The molecule has 20 heavy (non-hydrogen) atoms. The Labute approximate surface area is 121 Å². The van der Waals surface area contributed by atoms with E-state index in [1.165, 1.54) is 0 Å². The first kappa shape index (κ1) is 14.6. The Balaban J connectivity index is 2.24. The second-order valence-corrected chi connectivity index (χ2v) is 4.93. The number of halogens is 1. The molecule has 1 aliphatic heterocycles. The third-order valence-corrected chi connectivity index (χ3v) is 3.32. The first-order valence-electron chi connectivity index (χ1n) is 6.13. The molecule has 1 amide bonds. The Bertz CT molecular complexity index is 535. The van der Waals surface area contributed by atoms with Gasteiger partial charge in [-0.3, -0.25) is 4.79 Å². The Kier molecular flexibility index (Phi) is 4.46. The van der Waals surface area contributed by atoms with Crippen molar-refractivity contribution in [1.82, 2.24) is 0 Å². The van der Waals surface area contributed by atoms with Gasteiger partial charge in [0.1, 0.15) is 0 Å². The highest BCUT2D eigenvalue weighted by molar-refractivity contribution is 6.38. The lowest BCUT2D eigenvalue weighted by Gasteiger charge is -2.21. The quantitative estimate of drug-likeness (QED) is 0.629. The number of amides is 1. The maximum Gasteiger partial charge on any atom is 0.396 e. The van der Waals surface area contributed by atoms with Gasteiger partial charge >= 0.3 is 11.9 Å². The van der Waals surface area contributed by atoms with Gasteiger partial charge in [-0.25, -0.2) is 4.79 Å². The van der Waals surface area contributed by atoms with Crippen LogP contribution in [-0.2, 0) is 14.3 Å². The van der Waals surface area contributed by atoms with Crippen LogP contribution in [0.25, 0.3) is 0 Å². The maximum absolute atomic E-state index is 11.6. The Hall–Kier alpha value is -1.79. The number of ether oxygens (including phenoxy) is 1. The predicted octanol–water partition coefficient (Wildman–Crippen LogP) is 1.02. The van der Waals surface area contributed by atoms with E-state index >= 15 is 0 Å².